The Bertz CT molecular complexity index is 826. The molecule has 0 spiro atoms. The average Bonchev–Trinajstić information content (AvgIpc) is 3.03. The van der Waals surface area contributed by atoms with Crippen molar-refractivity contribution in [3.8, 4) is 0 Å². The molecule has 6 nitrogen and oxygen atoms in total. The Labute approximate surface area is 190 Å². The van der Waals surface area contributed by atoms with Crippen LogP contribution in [0.3, 0.4) is 0 Å². The molecule has 1 N–H and O–H groups in total. The molecule has 2 rings (SSSR count). The second kappa shape index (κ2) is 12.6. The van der Waals surface area contributed by atoms with Gasteiger partial charge in [0, 0.05) is 17.0 Å². The molecule has 1 aromatic heterocycles. The molecule has 31 heavy (non-hydrogen) atoms. The number of rotatable bonds is 12. The second-order valence-electron chi connectivity index (χ2n) is 8.25. The average molecular weight is 445 g/mol. The highest BCUT2D eigenvalue weighted by molar-refractivity contribution is 7.15. The zero-order chi connectivity index (χ0) is 22.8. The van der Waals surface area contributed by atoms with Crippen LogP contribution in [0.25, 0.3) is 0 Å². The molecule has 0 radical (unpaired) electrons. The molecule has 2 amide bonds. The predicted molar refractivity (Wildman–Crippen MR) is 129 cm³/mol. The fourth-order valence-electron chi connectivity index (χ4n) is 3.26. The Kier molecular flexibility index (Phi) is 10.1. The largest absolute Gasteiger partial charge is 0.329 e. The van der Waals surface area contributed by atoms with Crippen LogP contribution in [0.15, 0.2) is 24.3 Å². The molecule has 7 heteroatoms. The first kappa shape index (κ1) is 25.0. The lowest BCUT2D eigenvalue weighted by atomic mass is 10.0. The van der Waals surface area contributed by atoms with Crippen molar-refractivity contribution >= 4 is 28.3 Å². The number of benzene rings is 1. The minimum absolute atomic E-state index is 0.0161. The number of nitrogens with one attached hydrogen (secondary N) is 1. The molecule has 170 valence electrons. The molecule has 0 bridgehead atoms. The van der Waals surface area contributed by atoms with Gasteiger partial charge in [0.2, 0.25) is 5.91 Å². The summed E-state index contributed by atoms with van der Waals surface area (Å²) in [5.41, 5.74) is 2.78. The first-order valence-electron chi connectivity index (χ1n) is 11.1. The van der Waals surface area contributed by atoms with Gasteiger partial charge in [0.1, 0.15) is 6.54 Å². The lowest BCUT2D eigenvalue weighted by molar-refractivity contribution is -0.116. The minimum atomic E-state index is -0.219. The summed E-state index contributed by atoms with van der Waals surface area (Å²) in [7, 11) is 4.01. The number of carbonyl (C=O) groups excluding carboxylic acids is 2. The van der Waals surface area contributed by atoms with Gasteiger partial charge in [-0.1, -0.05) is 31.9 Å². The van der Waals surface area contributed by atoms with Crippen LogP contribution in [-0.2, 0) is 11.2 Å². The van der Waals surface area contributed by atoms with Crippen molar-refractivity contribution in [2.24, 2.45) is 0 Å². The Hall–Kier alpha value is -2.25. The monoisotopic (exact) mass is 444 g/mol. The number of carbonyl (C=O) groups is 2. The van der Waals surface area contributed by atoms with E-state index in [1.165, 1.54) is 29.7 Å². The third-order valence-corrected chi connectivity index (χ3v) is 6.19. The Morgan fingerprint density at radius 1 is 1.03 bits per heavy atom. The van der Waals surface area contributed by atoms with Crippen molar-refractivity contribution in [2.75, 3.05) is 39.0 Å². The molecule has 0 aliphatic carbocycles. The summed E-state index contributed by atoms with van der Waals surface area (Å²) in [6.45, 7) is 7.49. The van der Waals surface area contributed by atoms with Crippen LogP contribution in [0.2, 0.25) is 0 Å². The first-order chi connectivity index (χ1) is 14.8. The molecule has 2 aromatic rings. The number of thiazole rings is 1. The molecule has 0 atom stereocenters. The van der Waals surface area contributed by atoms with Gasteiger partial charge in [0.15, 0.2) is 5.13 Å². The number of amides is 2. The van der Waals surface area contributed by atoms with Crippen molar-refractivity contribution in [3.05, 3.63) is 46.0 Å². The van der Waals surface area contributed by atoms with Gasteiger partial charge in [-0.3, -0.25) is 9.59 Å². The van der Waals surface area contributed by atoms with Crippen LogP contribution < -0.4 is 5.32 Å². The smallest absolute Gasteiger partial charge is 0.254 e. The normalized spacial score (nSPS) is 11.0. The predicted octanol–water partition coefficient (Wildman–Crippen LogP) is 4.53. The van der Waals surface area contributed by atoms with Gasteiger partial charge < -0.3 is 15.1 Å². The topological polar surface area (TPSA) is 65.5 Å². The van der Waals surface area contributed by atoms with Gasteiger partial charge in [0.05, 0.1) is 5.69 Å². The van der Waals surface area contributed by atoms with E-state index < -0.39 is 0 Å². The van der Waals surface area contributed by atoms with E-state index in [4.69, 9.17) is 0 Å². The number of unbranched alkanes of at least 4 members (excludes halogenated alkanes) is 2. The van der Waals surface area contributed by atoms with Gasteiger partial charge in [-0.2, -0.15) is 0 Å². The molecule has 0 unspecified atom stereocenters. The molecule has 0 fully saturated rings. The van der Waals surface area contributed by atoms with Gasteiger partial charge in [0.25, 0.3) is 5.91 Å². The third-order valence-electron chi connectivity index (χ3n) is 5.20. The lowest BCUT2D eigenvalue weighted by Crippen LogP contribution is -2.39. The van der Waals surface area contributed by atoms with Crippen LogP contribution in [0, 0.1) is 13.8 Å². The van der Waals surface area contributed by atoms with Gasteiger partial charge >= 0.3 is 0 Å². The van der Waals surface area contributed by atoms with E-state index >= 15 is 0 Å². The maximum Gasteiger partial charge on any atom is 0.254 e. The summed E-state index contributed by atoms with van der Waals surface area (Å²) < 4.78 is 0. The number of aryl methyl sites for hydroxylation is 3. The molecular formula is C24H36N4O2S. The molecule has 0 aliphatic heterocycles. The Morgan fingerprint density at radius 2 is 1.74 bits per heavy atom. The number of hydrogen-bond donors (Lipinski definition) is 1. The number of nitrogens with zero attached hydrogens (tertiary/aromatic N) is 3. The zero-order valence-electron chi connectivity index (χ0n) is 19.5. The van der Waals surface area contributed by atoms with Crippen molar-refractivity contribution in [2.45, 2.75) is 52.9 Å². The van der Waals surface area contributed by atoms with Gasteiger partial charge in [-0.25, -0.2) is 4.98 Å². The van der Waals surface area contributed by atoms with Crippen LogP contribution in [0.1, 0.15) is 59.1 Å². The summed E-state index contributed by atoms with van der Waals surface area (Å²) in [5.74, 6) is -0.330. The standard InChI is InChI=1S/C24H36N4O2S/c1-6-7-8-10-20-11-13-21(14-12-20)23(30)28(16-9-15-27(4)5)17-22(29)26-24-25-18(2)19(3)31-24/h11-14H,6-10,15-17H2,1-5H3,(H,25,26,29). The number of aromatic nitrogens is 1. The van der Waals surface area contributed by atoms with Gasteiger partial charge in [-0.15, -0.1) is 11.3 Å². The zero-order valence-corrected chi connectivity index (χ0v) is 20.3. The molecule has 0 aliphatic rings. The van der Waals surface area contributed by atoms with Crippen molar-refractivity contribution in [1.82, 2.24) is 14.8 Å². The minimum Gasteiger partial charge on any atom is -0.329 e. The second-order valence-corrected chi connectivity index (χ2v) is 9.45. The number of anilines is 1. The fraction of sp³-hybridized carbons (Fsp3) is 0.542. The Morgan fingerprint density at radius 3 is 2.32 bits per heavy atom. The van der Waals surface area contributed by atoms with E-state index in [-0.39, 0.29) is 18.4 Å². The van der Waals surface area contributed by atoms with Crippen LogP contribution in [0.4, 0.5) is 5.13 Å². The van der Waals surface area contributed by atoms with E-state index in [1.54, 1.807) is 4.90 Å². The van der Waals surface area contributed by atoms with Crippen LogP contribution in [0.5, 0.6) is 0 Å². The van der Waals surface area contributed by atoms with E-state index in [0.29, 0.717) is 17.2 Å². The fourth-order valence-corrected chi connectivity index (χ4v) is 4.10. The molecule has 1 aromatic carbocycles. The van der Waals surface area contributed by atoms with E-state index in [0.717, 1.165) is 36.4 Å². The van der Waals surface area contributed by atoms with E-state index in [2.05, 4.69) is 22.1 Å². The first-order valence-corrected chi connectivity index (χ1v) is 11.9. The SMILES string of the molecule is CCCCCc1ccc(C(=O)N(CCCN(C)C)CC(=O)Nc2nc(C)c(C)s2)cc1. The maximum absolute atomic E-state index is 13.2. The summed E-state index contributed by atoms with van der Waals surface area (Å²) in [6.07, 6.45) is 5.41. The Balaban J connectivity index is 2.04. The highest BCUT2D eigenvalue weighted by atomic mass is 32.1. The van der Waals surface area contributed by atoms with E-state index in [9.17, 15) is 9.59 Å². The van der Waals surface area contributed by atoms with Crippen molar-refractivity contribution in [3.63, 3.8) is 0 Å². The molecule has 0 saturated carbocycles. The molecule has 0 saturated heterocycles. The summed E-state index contributed by atoms with van der Waals surface area (Å²) >= 11 is 1.45. The quantitative estimate of drug-likeness (QED) is 0.489. The summed E-state index contributed by atoms with van der Waals surface area (Å²) in [5, 5.41) is 3.42. The summed E-state index contributed by atoms with van der Waals surface area (Å²) in [6, 6.07) is 7.83. The van der Waals surface area contributed by atoms with Crippen LogP contribution >= 0.6 is 11.3 Å². The highest BCUT2D eigenvalue weighted by Gasteiger charge is 2.20. The third kappa shape index (κ3) is 8.42. The highest BCUT2D eigenvalue weighted by Crippen LogP contribution is 2.21. The summed E-state index contributed by atoms with van der Waals surface area (Å²) in [4.78, 5) is 34.9. The molecule has 1 heterocycles. The van der Waals surface area contributed by atoms with Gasteiger partial charge in [-0.05, 0) is 71.4 Å². The maximum atomic E-state index is 13.2. The molecular weight excluding hydrogens is 408 g/mol. The van der Waals surface area contributed by atoms with Crippen molar-refractivity contribution in [1.29, 1.82) is 0 Å². The van der Waals surface area contributed by atoms with Crippen molar-refractivity contribution < 1.29 is 9.59 Å². The number of hydrogen-bond acceptors (Lipinski definition) is 5. The van der Waals surface area contributed by atoms with Crippen LogP contribution in [-0.4, -0.2) is 60.3 Å². The van der Waals surface area contributed by atoms with E-state index in [1.807, 2.05) is 52.2 Å². The lowest BCUT2D eigenvalue weighted by Gasteiger charge is -2.23.